The van der Waals surface area contributed by atoms with Crippen molar-refractivity contribution in [3.63, 3.8) is 0 Å². The Kier molecular flexibility index (Phi) is 5.89. The van der Waals surface area contributed by atoms with E-state index in [1.54, 1.807) is 6.07 Å². The fourth-order valence-electron chi connectivity index (χ4n) is 3.91. The standard InChI is InChI=1S/C19H26F2N2O2/c1-25-16-8-7-14(18(20)19(16)21)13-23-10-3-2-5-15(23)9-12-22-11-4-6-17(22)24/h7-8,15H,2-6,9-13H2,1H3. The minimum atomic E-state index is -0.920. The lowest BCUT2D eigenvalue weighted by atomic mass is 9.98. The molecule has 2 fully saturated rings. The number of carbonyl (C=O) groups excluding carboxylic acids is 1. The maximum absolute atomic E-state index is 14.3. The van der Waals surface area contributed by atoms with Crippen LogP contribution in [0.3, 0.4) is 0 Å². The molecule has 138 valence electrons. The number of methoxy groups -OCH3 is 1. The van der Waals surface area contributed by atoms with Gasteiger partial charge in [-0.1, -0.05) is 12.5 Å². The summed E-state index contributed by atoms with van der Waals surface area (Å²) in [5.74, 6) is -1.57. The van der Waals surface area contributed by atoms with Gasteiger partial charge in [-0.2, -0.15) is 4.39 Å². The van der Waals surface area contributed by atoms with Crippen LogP contribution in [0.2, 0.25) is 0 Å². The first-order chi connectivity index (χ1) is 12.1. The van der Waals surface area contributed by atoms with Crippen molar-refractivity contribution in [1.29, 1.82) is 0 Å². The van der Waals surface area contributed by atoms with Crippen molar-refractivity contribution in [2.45, 2.75) is 51.1 Å². The summed E-state index contributed by atoms with van der Waals surface area (Å²) in [5.41, 5.74) is 0.363. The lowest BCUT2D eigenvalue weighted by Gasteiger charge is -2.36. The number of nitrogens with zero attached hydrogens (tertiary/aromatic N) is 2. The molecule has 0 N–H and O–H groups in total. The summed E-state index contributed by atoms with van der Waals surface area (Å²) in [6.45, 7) is 2.89. The smallest absolute Gasteiger partial charge is 0.222 e. The van der Waals surface area contributed by atoms with Crippen LogP contribution in [-0.4, -0.2) is 48.5 Å². The average Bonchev–Trinajstić information content (AvgIpc) is 3.03. The van der Waals surface area contributed by atoms with Crippen molar-refractivity contribution in [3.8, 4) is 5.75 Å². The lowest BCUT2D eigenvalue weighted by molar-refractivity contribution is -0.127. The average molecular weight is 352 g/mol. The maximum Gasteiger partial charge on any atom is 0.222 e. The van der Waals surface area contributed by atoms with E-state index in [9.17, 15) is 13.6 Å². The van der Waals surface area contributed by atoms with Crippen LogP contribution in [0, 0.1) is 11.6 Å². The second-order valence-electron chi connectivity index (χ2n) is 6.95. The van der Waals surface area contributed by atoms with Gasteiger partial charge in [0.15, 0.2) is 11.6 Å². The van der Waals surface area contributed by atoms with Crippen molar-refractivity contribution in [3.05, 3.63) is 29.3 Å². The number of rotatable bonds is 6. The lowest BCUT2D eigenvalue weighted by Crippen LogP contribution is -2.41. The Morgan fingerprint density at radius 3 is 2.72 bits per heavy atom. The number of piperidine rings is 1. The molecular formula is C19H26F2N2O2. The summed E-state index contributed by atoms with van der Waals surface area (Å²) < 4.78 is 33.1. The molecule has 0 radical (unpaired) electrons. The van der Waals surface area contributed by atoms with Gasteiger partial charge in [-0.15, -0.1) is 0 Å². The van der Waals surface area contributed by atoms with Gasteiger partial charge in [0.2, 0.25) is 11.7 Å². The topological polar surface area (TPSA) is 32.8 Å². The second-order valence-corrected chi connectivity index (χ2v) is 6.95. The van der Waals surface area contributed by atoms with Crippen molar-refractivity contribution >= 4 is 5.91 Å². The van der Waals surface area contributed by atoms with Gasteiger partial charge >= 0.3 is 0 Å². The molecule has 1 atom stereocenters. The Morgan fingerprint density at radius 1 is 1.16 bits per heavy atom. The summed E-state index contributed by atoms with van der Waals surface area (Å²) >= 11 is 0. The van der Waals surface area contributed by atoms with Crippen LogP contribution in [0.4, 0.5) is 8.78 Å². The normalized spacial score (nSPS) is 21.8. The van der Waals surface area contributed by atoms with E-state index in [0.717, 1.165) is 51.7 Å². The van der Waals surface area contributed by atoms with E-state index in [-0.39, 0.29) is 11.7 Å². The van der Waals surface area contributed by atoms with E-state index >= 15 is 0 Å². The van der Waals surface area contributed by atoms with Crippen molar-refractivity contribution < 1.29 is 18.3 Å². The fourth-order valence-corrected chi connectivity index (χ4v) is 3.91. The molecule has 1 aromatic rings. The summed E-state index contributed by atoms with van der Waals surface area (Å²) in [7, 11) is 1.33. The van der Waals surface area contributed by atoms with E-state index < -0.39 is 11.6 Å². The van der Waals surface area contributed by atoms with Crippen molar-refractivity contribution in [1.82, 2.24) is 9.80 Å². The van der Waals surface area contributed by atoms with Gasteiger partial charge in [0.25, 0.3) is 0 Å². The highest BCUT2D eigenvalue weighted by Gasteiger charge is 2.27. The molecule has 25 heavy (non-hydrogen) atoms. The molecule has 0 aliphatic carbocycles. The van der Waals surface area contributed by atoms with Gasteiger partial charge in [0.1, 0.15) is 0 Å². The van der Waals surface area contributed by atoms with Crippen LogP contribution >= 0.6 is 0 Å². The SMILES string of the molecule is COc1ccc(CN2CCCCC2CCN2CCCC2=O)c(F)c1F. The van der Waals surface area contributed by atoms with Crippen LogP contribution in [-0.2, 0) is 11.3 Å². The van der Waals surface area contributed by atoms with E-state index in [4.69, 9.17) is 4.74 Å². The summed E-state index contributed by atoms with van der Waals surface area (Å²) in [4.78, 5) is 15.9. The molecule has 0 bridgehead atoms. The Morgan fingerprint density at radius 2 is 2.00 bits per heavy atom. The quantitative estimate of drug-likeness (QED) is 0.787. The molecular weight excluding hydrogens is 326 g/mol. The number of benzene rings is 1. The van der Waals surface area contributed by atoms with Gasteiger partial charge in [0.05, 0.1) is 7.11 Å². The van der Waals surface area contributed by atoms with Crippen LogP contribution in [0.25, 0.3) is 0 Å². The van der Waals surface area contributed by atoms with Crippen molar-refractivity contribution in [2.75, 3.05) is 26.7 Å². The molecule has 2 aliphatic rings. The first-order valence-electron chi connectivity index (χ1n) is 9.13. The number of ether oxygens (including phenoxy) is 1. The van der Waals surface area contributed by atoms with Crippen LogP contribution in [0.15, 0.2) is 12.1 Å². The number of hydrogen-bond donors (Lipinski definition) is 0. The van der Waals surface area contributed by atoms with Gasteiger partial charge in [-0.05, 0) is 38.3 Å². The highest BCUT2D eigenvalue weighted by molar-refractivity contribution is 5.78. The van der Waals surface area contributed by atoms with Gasteiger partial charge in [-0.25, -0.2) is 4.39 Å². The first-order valence-corrected chi connectivity index (χ1v) is 9.13. The molecule has 2 heterocycles. The molecule has 1 aromatic carbocycles. The zero-order valence-corrected chi connectivity index (χ0v) is 14.8. The van der Waals surface area contributed by atoms with Gasteiger partial charge in [0, 0.05) is 37.7 Å². The van der Waals surface area contributed by atoms with Gasteiger partial charge < -0.3 is 9.64 Å². The van der Waals surface area contributed by atoms with E-state index in [1.165, 1.54) is 13.2 Å². The summed E-state index contributed by atoms with van der Waals surface area (Å²) in [5, 5.41) is 0. The molecule has 2 aliphatic heterocycles. The predicted molar refractivity (Wildman–Crippen MR) is 91.4 cm³/mol. The Labute approximate surface area is 147 Å². The maximum atomic E-state index is 14.3. The molecule has 3 rings (SSSR count). The molecule has 6 heteroatoms. The van der Waals surface area contributed by atoms with E-state index in [0.29, 0.717) is 24.6 Å². The Hall–Kier alpha value is -1.69. The fraction of sp³-hybridized carbons (Fsp3) is 0.632. The molecule has 0 spiro atoms. The molecule has 1 unspecified atom stereocenters. The molecule has 2 saturated heterocycles. The molecule has 0 aromatic heterocycles. The largest absolute Gasteiger partial charge is 0.494 e. The third-order valence-electron chi connectivity index (χ3n) is 5.37. The summed E-state index contributed by atoms with van der Waals surface area (Å²) in [6, 6.07) is 3.40. The van der Waals surface area contributed by atoms with Crippen LogP contribution in [0.1, 0.15) is 44.1 Å². The zero-order chi connectivity index (χ0) is 17.8. The Balaban J connectivity index is 1.65. The number of carbonyl (C=O) groups is 1. The molecule has 1 amide bonds. The monoisotopic (exact) mass is 352 g/mol. The third kappa shape index (κ3) is 4.11. The highest BCUT2D eigenvalue weighted by atomic mass is 19.2. The number of likely N-dealkylation sites (tertiary alicyclic amines) is 2. The second kappa shape index (κ2) is 8.13. The first kappa shape index (κ1) is 18.1. The minimum Gasteiger partial charge on any atom is -0.494 e. The van der Waals surface area contributed by atoms with Crippen LogP contribution < -0.4 is 4.74 Å². The minimum absolute atomic E-state index is 0.0658. The predicted octanol–water partition coefficient (Wildman–Crippen LogP) is 3.34. The highest BCUT2D eigenvalue weighted by Crippen LogP contribution is 2.27. The van der Waals surface area contributed by atoms with Gasteiger partial charge in [-0.3, -0.25) is 9.69 Å². The Bertz CT molecular complexity index is 624. The van der Waals surface area contributed by atoms with Crippen molar-refractivity contribution in [2.24, 2.45) is 0 Å². The summed E-state index contributed by atoms with van der Waals surface area (Å²) in [6.07, 6.45) is 5.76. The van der Waals surface area contributed by atoms with E-state index in [1.807, 2.05) is 4.90 Å². The molecule has 0 saturated carbocycles. The number of amides is 1. The zero-order valence-electron chi connectivity index (χ0n) is 14.8. The van der Waals surface area contributed by atoms with Crippen LogP contribution in [0.5, 0.6) is 5.75 Å². The number of halogens is 2. The van der Waals surface area contributed by atoms with E-state index in [2.05, 4.69) is 4.90 Å². The third-order valence-corrected chi connectivity index (χ3v) is 5.37. The number of hydrogen-bond acceptors (Lipinski definition) is 3. The molecule has 4 nitrogen and oxygen atoms in total.